The fourth-order valence-corrected chi connectivity index (χ4v) is 3.89. The van der Waals surface area contributed by atoms with E-state index in [-0.39, 0.29) is 17.9 Å². The first-order valence-electron chi connectivity index (χ1n) is 6.52. The Morgan fingerprint density at radius 3 is 2.50 bits per heavy atom. The average molecular weight is 363 g/mol. The van der Waals surface area contributed by atoms with Gasteiger partial charge in [0.25, 0.3) is 0 Å². The molecule has 0 saturated heterocycles. The summed E-state index contributed by atoms with van der Waals surface area (Å²) in [4.78, 5) is 11.3. The number of benzene rings is 1. The molecule has 0 aliphatic heterocycles. The van der Waals surface area contributed by atoms with Gasteiger partial charge in [-0.05, 0) is 30.9 Å². The van der Waals surface area contributed by atoms with Crippen molar-refractivity contribution in [2.45, 2.75) is 26.2 Å². The van der Waals surface area contributed by atoms with Crippen molar-refractivity contribution in [3.05, 3.63) is 34.3 Å². The lowest BCUT2D eigenvalue weighted by Gasteiger charge is -2.13. The Morgan fingerprint density at radius 2 is 1.95 bits per heavy atom. The predicted molar refractivity (Wildman–Crippen MR) is 82.5 cm³/mol. The minimum absolute atomic E-state index is 0.0672. The van der Waals surface area contributed by atoms with Crippen LogP contribution >= 0.6 is 15.9 Å². The van der Waals surface area contributed by atoms with E-state index in [0.717, 1.165) is 10.0 Å². The number of carboxylic acid groups (broad SMARTS) is 1. The summed E-state index contributed by atoms with van der Waals surface area (Å²) in [6.07, 6.45) is 1.04. The molecule has 4 nitrogen and oxygen atoms in total. The third kappa shape index (κ3) is 5.63. The van der Waals surface area contributed by atoms with Gasteiger partial charge in [-0.3, -0.25) is 4.79 Å². The van der Waals surface area contributed by atoms with Crippen molar-refractivity contribution < 1.29 is 18.3 Å². The molecule has 1 atom stereocenters. The summed E-state index contributed by atoms with van der Waals surface area (Å²) in [5.41, 5.74) is 0.882. The Kier molecular flexibility index (Phi) is 6.68. The molecule has 0 fully saturated rings. The Hall–Kier alpha value is -0.880. The average Bonchev–Trinajstić information content (AvgIpc) is 2.36. The number of aliphatic carboxylic acids is 1. The molecule has 0 radical (unpaired) electrons. The number of halogens is 1. The van der Waals surface area contributed by atoms with E-state index >= 15 is 0 Å². The molecule has 0 amide bonds. The van der Waals surface area contributed by atoms with E-state index in [2.05, 4.69) is 15.9 Å². The first kappa shape index (κ1) is 17.2. The van der Waals surface area contributed by atoms with Gasteiger partial charge in [0.2, 0.25) is 0 Å². The van der Waals surface area contributed by atoms with Crippen molar-refractivity contribution in [2.24, 2.45) is 5.92 Å². The first-order valence-corrected chi connectivity index (χ1v) is 9.13. The molecule has 0 saturated carbocycles. The second-order valence-corrected chi connectivity index (χ2v) is 7.93. The fraction of sp³-hybridized carbons (Fsp3) is 0.500. The second-order valence-electron chi connectivity index (χ2n) is 4.77. The summed E-state index contributed by atoms with van der Waals surface area (Å²) in [6.45, 7) is 1.80. The van der Waals surface area contributed by atoms with Crippen molar-refractivity contribution in [2.75, 3.05) is 11.5 Å². The summed E-state index contributed by atoms with van der Waals surface area (Å²) >= 11 is 3.38. The highest BCUT2D eigenvalue weighted by atomic mass is 79.9. The van der Waals surface area contributed by atoms with E-state index in [4.69, 9.17) is 0 Å². The van der Waals surface area contributed by atoms with Crippen molar-refractivity contribution >= 4 is 31.7 Å². The lowest BCUT2D eigenvalue weighted by atomic mass is 9.97. The van der Waals surface area contributed by atoms with E-state index in [9.17, 15) is 18.3 Å². The number of carbonyl (C=O) groups is 1. The van der Waals surface area contributed by atoms with Crippen molar-refractivity contribution in [3.8, 4) is 0 Å². The molecule has 0 bridgehead atoms. The van der Waals surface area contributed by atoms with Gasteiger partial charge in [0, 0.05) is 10.2 Å². The van der Waals surface area contributed by atoms with Gasteiger partial charge >= 0.3 is 5.97 Å². The monoisotopic (exact) mass is 362 g/mol. The van der Waals surface area contributed by atoms with Crippen LogP contribution in [0.5, 0.6) is 0 Å². The lowest BCUT2D eigenvalue weighted by molar-refractivity contribution is -0.141. The van der Waals surface area contributed by atoms with Crippen molar-refractivity contribution in [1.82, 2.24) is 0 Å². The van der Waals surface area contributed by atoms with Crippen molar-refractivity contribution in [1.29, 1.82) is 0 Å². The third-order valence-electron chi connectivity index (χ3n) is 3.07. The maximum absolute atomic E-state index is 11.7. The minimum Gasteiger partial charge on any atom is -0.481 e. The van der Waals surface area contributed by atoms with E-state index in [0.29, 0.717) is 12.8 Å². The fourth-order valence-electron chi connectivity index (χ4n) is 1.98. The molecule has 1 N–H and O–H groups in total. The minimum atomic E-state index is -3.14. The molecular formula is C14H19BrO4S. The number of sulfone groups is 1. The van der Waals surface area contributed by atoms with E-state index in [1.165, 1.54) is 0 Å². The summed E-state index contributed by atoms with van der Waals surface area (Å²) < 4.78 is 24.2. The Balaban J connectivity index is 2.72. The molecule has 0 heterocycles. The van der Waals surface area contributed by atoms with Crippen molar-refractivity contribution in [3.63, 3.8) is 0 Å². The SMILES string of the molecule is CCCS(=O)(=O)CCC(Cc1ccccc1Br)C(=O)O. The molecule has 1 aromatic rings. The van der Waals surface area contributed by atoms with Gasteiger partial charge in [-0.25, -0.2) is 8.42 Å². The molecule has 0 aliphatic carbocycles. The van der Waals surface area contributed by atoms with Crippen LogP contribution < -0.4 is 0 Å². The van der Waals surface area contributed by atoms with Crippen LogP contribution in [0.15, 0.2) is 28.7 Å². The highest BCUT2D eigenvalue weighted by Gasteiger charge is 2.22. The molecule has 6 heteroatoms. The molecular weight excluding hydrogens is 344 g/mol. The first-order chi connectivity index (χ1) is 9.35. The predicted octanol–water partition coefficient (Wildman–Crippen LogP) is 2.91. The van der Waals surface area contributed by atoms with Gasteiger partial charge in [0.1, 0.15) is 9.84 Å². The van der Waals surface area contributed by atoms with E-state index in [1.807, 2.05) is 24.3 Å². The lowest BCUT2D eigenvalue weighted by Crippen LogP contribution is -2.21. The molecule has 0 aliphatic rings. The van der Waals surface area contributed by atoms with Gasteiger partial charge in [-0.1, -0.05) is 41.1 Å². The number of rotatable bonds is 8. The topological polar surface area (TPSA) is 71.4 Å². The molecule has 1 aromatic carbocycles. The molecule has 112 valence electrons. The van der Waals surface area contributed by atoms with Crippen LogP contribution in [-0.2, 0) is 21.1 Å². The van der Waals surface area contributed by atoms with Crippen LogP contribution in [0.4, 0.5) is 0 Å². The highest BCUT2D eigenvalue weighted by Crippen LogP contribution is 2.21. The van der Waals surface area contributed by atoms with Gasteiger partial charge in [0.15, 0.2) is 0 Å². The van der Waals surface area contributed by atoms with Crippen LogP contribution in [0.1, 0.15) is 25.3 Å². The zero-order valence-corrected chi connectivity index (χ0v) is 13.8. The Bertz CT molecular complexity index is 554. The van der Waals surface area contributed by atoms with Crippen LogP contribution in [0.3, 0.4) is 0 Å². The van der Waals surface area contributed by atoms with Gasteiger partial charge in [0.05, 0.1) is 11.7 Å². The van der Waals surface area contributed by atoms with Gasteiger partial charge < -0.3 is 5.11 Å². The number of hydrogen-bond acceptors (Lipinski definition) is 3. The quantitative estimate of drug-likeness (QED) is 0.771. The molecule has 0 aromatic heterocycles. The zero-order chi connectivity index (χ0) is 15.2. The smallest absolute Gasteiger partial charge is 0.306 e. The van der Waals surface area contributed by atoms with E-state index in [1.54, 1.807) is 6.92 Å². The largest absolute Gasteiger partial charge is 0.481 e. The molecule has 1 rings (SSSR count). The number of hydrogen-bond donors (Lipinski definition) is 1. The van der Waals surface area contributed by atoms with Gasteiger partial charge in [-0.15, -0.1) is 0 Å². The zero-order valence-electron chi connectivity index (χ0n) is 11.4. The Labute approximate surface area is 128 Å². The third-order valence-corrected chi connectivity index (χ3v) is 5.73. The molecule has 20 heavy (non-hydrogen) atoms. The summed E-state index contributed by atoms with van der Waals surface area (Å²) in [6, 6.07) is 7.39. The van der Waals surface area contributed by atoms with Crippen LogP contribution in [0, 0.1) is 5.92 Å². The van der Waals surface area contributed by atoms with Crippen LogP contribution in [0.2, 0.25) is 0 Å². The van der Waals surface area contributed by atoms with Crippen LogP contribution in [0.25, 0.3) is 0 Å². The van der Waals surface area contributed by atoms with Gasteiger partial charge in [-0.2, -0.15) is 0 Å². The highest BCUT2D eigenvalue weighted by molar-refractivity contribution is 9.10. The normalized spacial score (nSPS) is 13.1. The maximum atomic E-state index is 11.7. The molecule has 0 spiro atoms. The van der Waals surface area contributed by atoms with E-state index < -0.39 is 21.7 Å². The Morgan fingerprint density at radius 1 is 1.30 bits per heavy atom. The maximum Gasteiger partial charge on any atom is 0.306 e. The summed E-state index contributed by atoms with van der Waals surface area (Å²) in [5, 5.41) is 9.24. The second kappa shape index (κ2) is 7.78. The summed E-state index contributed by atoms with van der Waals surface area (Å²) in [5.74, 6) is -1.58. The van der Waals surface area contributed by atoms with Crippen LogP contribution in [-0.4, -0.2) is 31.0 Å². The summed E-state index contributed by atoms with van der Waals surface area (Å²) in [7, 11) is -3.14. The standard InChI is InChI=1S/C14H19BrO4S/c1-2-8-20(18,19)9-7-12(14(16)17)10-11-5-3-4-6-13(11)15/h3-6,12H,2,7-10H2,1H3,(H,16,17). The number of carboxylic acids is 1. The molecule has 1 unspecified atom stereocenters.